The Bertz CT molecular complexity index is 662. The minimum absolute atomic E-state index is 0.108. The average molecular weight is 368 g/mol. The Labute approximate surface area is 135 Å². The molecule has 0 aliphatic rings. The van der Waals surface area contributed by atoms with Crippen molar-refractivity contribution in [3.05, 3.63) is 63.6 Å². The summed E-state index contributed by atoms with van der Waals surface area (Å²) in [5, 5.41) is 4.45. The van der Waals surface area contributed by atoms with E-state index in [9.17, 15) is 4.79 Å². The van der Waals surface area contributed by atoms with E-state index in [1.807, 2.05) is 24.3 Å². The van der Waals surface area contributed by atoms with E-state index in [1.54, 1.807) is 24.3 Å². The van der Waals surface area contributed by atoms with Gasteiger partial charge in [0.1, 0.15) is 5.75 Å². The normalized spacial score (nSPS) is 10.6. The molecule has 0 radical (unpaired) electrons. The molecule has 0 unspecified atom stereocenters. The predicted molar refractivity (Wildman–Crippen MR) is 86.8 cm³/mol. The number of ether oxygens (including phenoxy) is 1. The molecule has 108 valence electrons. The molecule has 4 nitrogen and oxygen atoms in total. The topological polar surface area (TPSA) is 50.7 Å². The molecule has 1 amide bonds. The summed E-state index contributed by atoms with van der Waals surface area (Å²) in [7, 11) is 0. The summed E-state index contributed by atoms with van der Waals surface area (Å²) in [5.41, 5.74) is 3.19. The molecule has 0 aliphatic carbocycles. The molecule has 0 atom stereocenters. The molecule has 0 saturated heterocycles. The van der Waals surface area contributed by atoms with Crippen LogP contribution in [0.1, 0.15) is 5.56 Å². The highest BCUT2D eigenvalue weighted by atomic mass is 79.9. The van der Waals surface area contributed by atoms with E-state index in [4.69, 9.17) is 16.3 Å². The third-order valence-electron chi connectivity index (χ3n) is 2.42. The van der Waals surface area contributed by atoms with Gasteiger partial charge in [-0.1, -0.05) is 45.7 Å². The van der Waals surface area contributed by atoms with Crippen molar-refractivity contribution in [2.45, 2.75) is 0 Å². The molecule has 2 rings (SSSR count). The van der Waals surface area contributed by atoms with Crippen molar-refractivity contribution in [1.29, 1.82) is 0 Å². The Hall–Kier alpha value is -1.85. The van der Waals surface area contributed by atoms with Crippen LogP contribution in [0.25, 0.3) is 0 Å². The number of amides is 1. The van der Waals surface area contributed by atoms with Gasteiger partial charge in [-0.2, -0.15) is 5.10 Å². The number of carbonyl (C=O) groups is 1. The third-order valence-corrected chi connectivity index (χ3v) is 3.15. The van der Waals surface area contributed by atoms with Crippen LogP contribution in [0.2, 0.25) is 5.02 Å². The number of hydrogen-bond donors (Lipinski definition) is 1. The number of hydrogen-bond acceptors (Lipinski definition) is 3. The van der Waals surface area contributed by atoms with E-state index in [0.717, 1.165) is 10.0 Å². The highest BCUT2D eigenvalue weighted by Gasteiger charge is 2.01. The second-order valence-corrected chi connectivity index (χ2v) is 5.45. The molecule has 0 bridgehead atoms. The second kappa shape index (κ2) is 7.81. The van der Waals surface area contributed by atoms with Crippen LogP contribution < -0.4 is 10.2 Å². The molecule has 6 heteroatoms. The van der Waals surface area contributed by atoms with Crippen LogP contribution >= 0.6 is 27.5 Å². The van der Waals surface area contributed by atoms with Gasteiger partial charge < -0.3 is 4.74 Å². The number of hydrazone groups is 1. The van der Waals surface area contributed by atoms with Crippen molar-refractivity contribution in [1.82, 2.24) is 5.43 Å². The molecule has 21 heavy (non-hydrogen) atoms. The lowest BCUT2D eigenvalue weighted by Gasteiger charge is -2.05. The Balaban J connectivity index is 1.80. The Morgan fingerprint density at radius 1 is 1.29 bits per heavy atom. The fourth-order valence-electron chi connectivity index (χ4n) is 1.50. The lowest BCUT2D eigenvalue weighted by Crippen LogP contribution is -2.24. The van der Waals surface area contributed by atoms with Crippen molar-refractivity contribution in [3.63, 3.8) is 0 Å². The van der Waals surface area contributed by atoms with E-state index in [1.165, 1.54) is 6.21 Å². The molecule has 0 aromatic heterocycles. The van der Waals surface area contributed by atoms with Gasteiger partial charge in [0, 0.05) is 9.50 Å². The monoisotopic (exact) mass is 366 g/mol. The van der Waals surface area contributed by atoms with Gasteiger partial charge in [-0.25, -0.2) is 5.43 Å². The number of rotatable bonds is 5. The third kappa shape index (κ3) is 5.57. The molecular formula is C15H12BrClN2O2. The summed E-state index contributed by atoms with van der Waals surface area (Å²) in [6.07, 6.45) is 1.52. The highest BCUT2D eigenvalue weighted by molar-refractivity contribution is 9.10. The largest absolute Gasteiger partial charge is 0.484 e. The van der Waals surface area contributed by atoms with Crippen LogP contribution in [0.5, 0.6) is 5.75 Å². The lowest BCUT2D eigenvalue weighted by molar-refractivity contribution is -0.123. The van der Waals surface area contributed by atoms with Crippen LogP contribution in [-0.2, 0) is 4.79 Å². The number of halogens is 2. The minimum atomic E-state index is -0.340. The lowest BCUT2D eigenvalue weighted by atomic mass is 10.2. The minimum Gasteiger partial charge on any atom is -0.484 e. The molecule has 1 N–H and O–H groups in total. The van der Waals surface area contributed by atoms with E-state index >= 15 is 0 Å². The van der Waals surface area contributed by atoms with Gasteiger partial charge in [-0.05, 0) is 35.9 Å². The van der Waals surface area contributed by atoms with Gasteiger partial charge >= 0.3 is 0 Å². The van der Waals surface area contributed by atoms with Gasteiger partial charge in [0.2, 0.25) is 0 Å². The maximum atomic E-state index is 11.6. The zero-order valence-electron chi connectivity index (χ0n) is 10.9. The summed E-state index contributed by atoms with van der Waals surface area (Å²) in [5.74, 6) is 0.270. The van der Waals surface area contributed by atoms with Gasteiger partial charge in [-0.3, -0.25) is 4.79 Å². The van der Waals surface area contributed by atoms with E-state index < -0.39 is 0 Å². The van der Waals surface area contributed by atoms with Crippen LogP contribution in [0.4, 0.5) is 0 Å². The Kier molecular flexibility index (Phi) is 5.78. The van der Waals surface area contributed by atoms with Crippen molar-refractivity contribution in [3.8, 4) is 5.75 Å². The summed E-state index contributed by atoms with van der Waals surface area (Å²) in [6.45, 7) is -0.108. The molecule has 0 spiro atoms. The van der Waals surface area contributed by atoms with E-state index in [2.05, 4.69) is 26.5 Å². The molecule has 0 fully saturated rings. The first kappa shape index (κ1) is 15.5. The van der Waals surface area contributed by atoms with Crippen LogP contribution in [0.3, 0.4) is 0 Å². The van der Waals surface area contributed by atoms with Gasteiger partial charge in [0.25, 0.3) is 5.91 Å². The van der Waals surface area contributed by atoms with Crippen molar-refractivity contribution in [2.75, 3.05) is 6.61 Å². The van der Waals surface area contributed by atoms with Crippen LogP contribution in [0.15, 0.2) is 58.1 Å². The number of nitrogens with zero attached hydrogens (tertiary/aromatic N) is 1. The molecular weight excluding hydrogens is 356 g/mol. The van der Waals surface area contributed by atoms with E-state index in [0.29, 0.717) is 10.8 Å². The summed E-state index contributed by atoms with van der Waals surface area (Å²) < 4.78 is 6.22. The number of benzene rings is 2. The predicted octanol–water partition coefficient (Wildman–Crippen LogP) is 3.63. The van der Waals surface area contributed by atoms with Gasteiger partial charge in [-0.15, -0.1) is 0 Å². The van der Waals surface area contributed by atoms with Crippen molar-refractivity contribution >= 4 is 39.7 Å². The molecule has 2 aromatic rings. The maximum Gasteiger partial charge on any atom is 0.277 e. The summed E-state index contributed by atoms with van der Waals surface area (Å²) in [4.78, 5) is 11.6. The number of carbonyl (C=O) groups excluding carboxylic acids is 1. The van der Waals surface area contributed by atoms with Crippen molar-refractivity contribution < 1.29 is 9.53 Å². The van der Waals surface area contributed by atoms with Gasteiger partial charge in [0.15, 0.2) is 6.61 Å². The zero-order chi connectivity index (χ0) is 15.1. The first-order chi connectivity index (χ1) is 10.1. The molecule has 0 aliphatic heterocycles. The van der Waals surface area contributed by atoms with Gasteiger partial charge in [0.05, 0.1) is 6.21 Å². The number of nitrogens with one attached hydrogen (secondary N) is 1. The fourth-order valence-corrected chi connectivity index (χ4v) is 2.08. The van der Waals surface area contributed by atoms with Crippen LogP contribution in [-0.4, -0.2) is 18.7 Å². The second-order valence-electron chi connectivity index (χ2n) is 4.09. The first-order valence-electron chi connectivity index (χ1n) is 6.09. The standard InChI is InChI=1S/C15H12BrClN2O2/c16-12-4-2-6-14(8-12)21-10-15(20)19-18-9-11-3-1-5-13(17)7-11/h1-9H,10H2,(H,19,20)/b18-9-. The highest BCUT2D eigenvalue weighted by Crippen LogP contribution is 2.17. The fraction of sp³-hybridized carbons (Fsp3) is 0.0667. The van der Waals surface area contributed by atoms with E-state index in [-0.39, 0.29) is 12.5 Å². The summed E-state index contributed by atoms with van der Waals surface area (Å²) >= 11 is 9.17. The van der Waals surface area contributed by atoms with Crippen molar-refractivity contribution in [2.24, 2.45) is 5.10 Å². The average Bonchev–Trinajstić information content (AvgIpc) is 2.45. The maximum absolute atomic E-state index is 11.6. The first-order valence-corrected chi connectivity index (χ1v) is 7.26. The Morgan fingerprint density at radius 2 is 2.10 bits per heavy atom. The quantitative estimate of drug-likeness (QED) is 0.648. The van der Waals surface area contributed by atoms with Crippen LogP contribution in [0, 0.1) is 0 Å². The SMILES string of the molecule is O=C(COc1cccc(Br)c1)N/N=C\c1cccc(Cl)c1. The zero-order valence-corrected chi connectivity index (χ0v) is 13.3. The Morgan fingerprint density at radius 3 is 2.86 bits per heavy atom. The molecule has 0 heterocycles. The smallest absolute Gasteiger partial charge is 0.277 e. The summed E-state index contributed by atoms with van der Waals surface area (Å²) in [6, 6.07) is 14.4. The molecule has 2 aromatic carbocycles. The molecule has 0 saturated carbocycles.